The van der Waals surface area contributed by atoms with Crippen molar-refractivity contribution >= 4 is 21.6 Å². The van der Waals surface area contributed by atoms with Crippen molar-refractivity contribution in [3.05, 3.63) is 34.4 Å². The highest BCUT2D eigenvalue weighted by Crippen LogP contribution is 2.26. The second-order valence-electron chi connectivity index (χ2n) is 6.06. The Bertz CT molecular complexity index is 737. The summed E-state index contributed by atoms with van der Waals surface area (Å²) in [5.41, 5.74) is 5.62. The van der Waals surface area contributed by atoms with E-state index in [0.29, 0.717) is 6.42 Å². The monoisotopic (exact) mass is 370 g/mol. The number of nitrogens with two attached hydrogens (primary N) is 1. The van der Waals surface area contributed by atoms with Gasteiger partial charge in [0.1, 0.15) is 0 Å². The molecule has 0 aliphatic heterocycles. The molecular formula is C15H22N4O5S. The highest BCUT2D eigenvalue weighted by molar-refractivity contribution is 7.89. The maximum Gasteiger partial charge on any atom is 0.270 e. The Morgan fingerprint density at radius 3 is 2.72 bits per heavy atom. The number of sulfonamides is 1. The number of non-ortho nitro benzene ring substituents is 1. The number of nitro groups is 1. The van der Waals surface area contributed by atoms with E-state index < -0.39 is 14.9 Å². The predicted molar refractivity (Wildman–Crippen MR) is 91.2 cm³/mol. The molecule has 0 saturated heterocycles. The lowest BCUT2D eigenvalue weighted by Gasteiger charge is -2.14. The molecule has 2 atom stereocenters. The molecule has 10 heteroatoms. The van der Waals surface area contributed by atoms with Crippen molar-refractivity contribution in [3.8, 4) is 0 Å². The fourth-order valence-electron chi connectivity index (χ4n) is 2.86. The lowest BCUT2D eigenvalue weighted by atomic mass is 10.00. The summed E-state index contributed by atoms with van der Waals surface area (Å²) in [6, 6.07) is 4.84. The Labute approximate surface area is 146 Å². The van der Waals surface area contributed by atoms with E-state index in [1.54, 1.807) is 0 Å². The molecule has 1 aromatic rings. The maximum absolute atomic E-state index is 12.1. The van der Waals surface area contributed by atoms with E-state index in [-0.39, 0.29) is 41.5 Å². The molecule has 1 amide bonds. The first-order valence-corrected chi connectivity index (χ1v) is 9.54. The van der Waals surface area contributed by atoms with E-state index in [1.165, 1.54) is 18.2 Å². The summed E-state index contributed by atoms with van der Waals surface area (Å²) in [7, 11) is -3.87. The molecule has 0 heterocycles. The Morgan fingerprint density at radius 2 is 2.08 bits per heavy atom. The van der Waals surface area contributed by atoms with Gasteiger partial charge in [0.25, 0.3) is 5.69 Å². The minimum absolute atomic E-state index is 0.00646. The van der Waals surface area contributed by atoms with Crippen molar-refractivity contribution in [2.75, 3.05) is 13.1 Å². The highest BCUT2D eigenvalue weighted by atomic mass is 32.2. The Morgan fingerprint density at radius 1 is 1.32 bits per heavy atom. The van der Waals surface area contributed by atoms with E-state index in [9.17, 15) is 23.3 Å². The zero-order valence-corrected chi connectivity index (χ0v) is 14.5. The molecule has 9 nitrogen and oxygen atoms in total. The molecule has 0 bridgehead atoms. The number of carbonyl (C=O) groups excluding carboxylic acids is 1. The first-order chi connectivity index (χ1) is 11.8. The molecular weight excluding hydrogens is 348 g/mol. The molecule has 1 aliphatic rings. The van der Waals surface area contributed by atoms with Crippen molar-refractivity contribution in [2.24, 2.45) is 11.7 Å². The third-order valence-electron chi connectivity index (χ3n) is 4.24. The van der Waals surface area contributed by atoms with Crippen LogP contribution in [0.25, 0.3) is 0 Å². The minimum Gasteiger partial charge on any atom is -0.355 e. The van der Waals surface area contributed by atoms with Crippen LogP contribution in [0.1, 0.15) is 25.7 Å². The summed E-state index contributed by atoms with van der Waals surface area (Å²) in [6.07, 6.45) is 3.25. The summed E-state index contributed by atoms with van der Waals surface area (Å²) in [6.45, 7) is 0.127. The fourth-order valence-corrected chi connectivity index (χ4v) is 3.94. The van der Waals surface area contributed by atoms with Crippen molar-refractivity contribution < 1.29 is 18.1 Å². The lowest BCUT2D eigenvalue weighted by molar-refractivity contribution is -0.385. The Hall–Kier alpha value is -2.04. The van der Waals surface area contributed by atoms with Crippen LogP contribution in [0.3, 0.4) is 0 Å². The van der Waals surface area contributed by atoms with Gasteiger partial charge in [-0.3, -0.25) is 14.9 Å². The van der Waals surface area contributed by atoms with E-state index in [0.717, 1.165) is 25.3 Å². The highest BCUT2D eigenvalue weighted by Gasteiger charge is 2.25. The molecule has 0 aromatic heterocycles. The minimum atomic E-state index is -3.87. The van der Waals surface area contributed by atoms with Crippen LogP contribution >= 0.6 is 0 Å². The van der Waals surface area contributed by atoms with Gasteiger partial charge in [0.15, 0.2) is 0 Å². The standard InChI is InChI=1S/C15H22N4O5S/c16-14-6-1-3-11(14)9-15(20)17-7-8-18-25(23,24)13-5-2-4-12(10-13)19(21)22/h2,4-5,10-11,14,18H,1,3,6-9,16H2,(H,17,20)/t11-,14+/m0/s1. The number of hydrogen-bond donors (Lipinski definition) is 3. The molecule has 0 spiro atoms. The van der Waals surface area contributed by atoms with Gasteiger partial charge in [0.05, 0.1) is 9.82 Å². The van der Waals surface area contributed by atoms with Crippen LogP contribution in [0.5, 0.6) is 0 Å². The molecule has 0 radical (unpaired) electrons. The van der Waals surface area contributed by atoms with Gasteiger partial charge in [0, 0.05) is 37.7 Å². The number of benzene rings is 1. The van der Waals surface area contributed by atoms with Gasteiger partial charge in [0.2, 0.25) is 15.9 Å². The lowest BCUT2D eigenvalue weighted by Crippen LogP contribution is -2.36. The van der Waals surface area contributed by atoms with Crippen molar-refractivity contribution in [3.63, 3.8) is 0 Å². The smallest absolute Gasteiger partial charge is 0.270 e. The van der Waals surface area contributed by atoms with Gasteiger partial charge in [-0.15, -0.1) is 0 Å². The van der Waals surface area contributed by atoms with E-state index in [2.05, 4.69) is 10.0 Å². The molecule has 138 valence electrons. The maximum atomic E-state index is 12.1. The molecule has 1 aromatic carbocycles. The molecule has 0 unspecified atom stereocenters. The largest absolute Gasteiger partial charge is 0.355 e. The van der Waals surface area contributed by atoms with E-state index >= 15 is 0 Å². The average molecular weight is 370 g/mol. The van der Waals surface area contributed by atoms with Crippen molar-refractivity contribution in [2.45, 2.75) is 36.6 Å². The van der Waals surface area contributed by atoms with Crippen LogP contribution in [-0.2, 0) is 14.8 Å². The van der Waals surface area contributed by atoms with E-state index in [4.69, 9.17) is 5.73 Å². The second kappa shape index (κ2) is 8.37. The Balaban J connectivity index is 1.79. The first kappa shape index (κ1) is 19.3. The number of nitro benzene ring substituents is 1. The summed E-state index contributed by atoms with van der Waals surface area (Å²) >= 11 is 0. The first-order valence-electron chi connectivity index (χ1n) is 8.06. The summed E-state index contributed by atoms with van der Waals surface area (Å²) in [5.74, 6) is 0.0263. The predicted octanol–water partition coefficient (Wildman–Crippen LogP) is 0.507. The number of rotatable bonds is 8. The van der Waals surface area contributed by atoms with Crippen molar-refractivity contribution in [1.82, 2.24) is 10.0 Å². The number of amides is 1. The molecule has 1 fully saturated rings. The molecule has 1 saturated carbocycles. The van der Waals surface area contributed by atoms with Crippen molar-refractivity contribution in [1.29, 1.82) is 0 Å². The molecule has 1 aliphatic carbocycles. The van der Waals surface area contributed by atoms with Gasteiger partial charge in [-0.2, -0.15) is 0 Å². The summed E-state index contributed by atoms with van der Waals surface area (Å²) in [4.78, 5) is 21.7. The van der Waals surface area contributed by atoms with E-state index in [1.807, 2.05) is 0 Å². The molecule has 25 heavy (non-hydrogen) atoms. The normalized spacial score (nSPS) is 20.4. The second-order valence-corrected chi connectivity index (χ2v) is 7.83. The number of hydrogen-bond acceptors (Lipinski definition) is 6. The topological polar surface area (TPSA) is 144 Å². The van der Waals surface area contributed by atoms with Gasteiger partial charge >= 0.3 is 0 Å². The SMILES string of the molecule is N[C@@H]1CCC[C@H]1CC(=O)NCCNS(=O)(=O)c1cccc([N+](=O)[O-])c1. The number of nitrogens with one attached hydrogen (secondary N) is 2. The molecule has 4 N–H and O–H groups in total. The summed E-state index contributed by atoms with van der Waals surface area (Å²) < 4.78 is 26.5. The number of carbonyl (C=O) groups is 1. The quantitative estimate of drug-likeness (QED) is 0.345. The van der Waals surface area contributed by atoms with Gasteiger partial charge in [-0.05, 0) is 24.8 Å². The zero-order valence-electron chi connectivity index (χ0n) is 13.7. The van der Waals surface area contributed by atoms with Crippen LogP contribution in [0.15, 0.2) is 29.2 Å². The summed E-state index contributed by atoms with van der Waals surface area (Å²) in [5, 5.41) is 13.4. The third-order valence-corrected chi connectivity index (χ3v) is 5.70. The van der Waals surface area contributed by atoms with Crippen LogP contribution < -0.4 is 15.8 Å². The van der Waals surface area contributed by atoms with Crippen LogP contribution in [0.2, 0.25) is 0 Å². The third kappa shape index (κ3) is 5.48. The van der Waals surface area contributed by atoms with Gasteiger partial charge in [-0.1, -0.05) is 12.5 Å². The Kier molecular flexibility index (Phi) is 6.45. The zero-order chi connectivity index (χ0) is 18.4. The van der Waals surface area contributed by atoms with Crippen LogP contribution in [-0.4, -0.2) is 38.4 Å². The average Bonchev–Trinajstić information content (AvgIpc) is 2.96. The van der Waals surface area contributed by atoms with Gasteiger partial charge in [-0.25, -0.2) is 13.1 Å². The number of nitrogens with zero attached hydrogens (tertiary/aromatic N) is 1. The molecule has 2 rings (SSSR count). The van der Waals surface area contributed by atoms with Crippen LogP contribution in [0, 0.1) is 16.0 Å². The fraction of sp³-hybridized carbons (Fsp3) is 0.533. The van der Waals surface area contributed by atoms with Crippen LogP contribution in [0.4, 0.5) is 5.69 Å². The van der Waals surface area contributed by atoms with Gasteiger partial charge < -0.3 is 11.1 Å².